The number of benzene rings is 4. The molecule has 4 aromatic carbocycles. The minimum absolute atomic E-state index is 0.00114. The minimum atomic E-state index is -4.91. The second kappa shape index (κ2) is 16.1. The van der Waals surface area contributed by atoms with E-state index in [1.54, 1.807) is 0 Å². The SMILES string of the molecule is O=C(O)CCCCCNc1nc(Nc2ccc3c(S(=O)(=O)O)cc(SOOO)cc3c2)nc(Nc2ccc3c(S(=O)(=O)O)cc(S(=O)(=O)O)cc3c2)n1. The number of hydrogen-bond donors (Lipinski definition) is 8. The summed E-state index contributed by atoms with van der Waals surface area (Å²) in [5.74, 6) is -0.980. The highest BCUT2D eigenvalue weighted by Crippen LogP contribution is 2.34. The largest absolute Gasteiger partial charge is 0.481 e. The van der Waals surface area contributed by atoms with E-state index in [-0.39, 0.29) is 51.0 Å². The van der Waals surface area contributed by atoms with Gasteiger partial charge < -0.3 is 21.1 Å². The first-order valence-electron chi connectivity index (χ1n) is 14.9. The average Bonchev–Trinajstić information content (AvgIpc) is 3.06. The Hall–Kier alpha value is -4.76. The summed E-state index contributed by atoms with van der Waals surface area (Å²) >= 11 is 0.467. The van der Waals surface area contributed by atoms with Crippen LogP contribution in [0.15, 0.2) is 80.2 Å². The zero-order valence-electron chi connectivity index (χ0n) is 26.7. The highest BCUT2D eigenvalue weighted by molar-refractivity contribution is 7.94. The molecule has 0 fully saturated rings. The molecule has 0 aliphatic heterocycles. The zero-order valence-corrected chi connectivity index (χ0v) is 30.0. The zero-order chi connectivity index (χ0) is 38.6. The second-order valence-corrected chi connectivity index (χ2v) is 16.0. The van der Waals surface area contributed by atoms with Crippen molar-refractivity contribution in [2.75, 3.05) is 22.5 Å². The Kier molecular flexibility index (Phi) is 12.0. The first-order chi connectivity index (χ1) is 24.9. The number of nitrogens with one attached hydrogen (secondary N) is 3. The molecule has 20 nitrogen and oxygen atoms in total. The van der Waals surface area contributed by atoms with Crippen molar-refractivity contribution in [2.24, 2.45) is 0 Å². The first-order valence-corrected chi connectivity index (χ1v) is 20.0. The van der Waals surface area contributed by atoms with Gasteiger partial charge in [0.1, 0.15) is 9.79 Å². The third kappa shape index (κ3) is 10.4. The summed E-state index contributed by atoms with van der Waals surface area (Å²) in [4.78, 5) is 22.1. The lowest BCUT2D eigenvalue weighted by atomic mass is 10.1. The molecule has 0 atom stereocenters. The van der Waals surface area contributed by atoms with Crippen LogP contribution in [0.5, 0.6) is 0 Å². The topological polar surface area (TPSA) is 314 Å². The van der Waals surface area contributed by atoms with Crippen molar-refractivity contribution < 1.29 is 63.4 Å². The molecular weight excluding hydrogens is 785 g/mol. The molecule has 8 N–H and O–H groups in total. The summed E-state index contributed by atoms with van der Waals surface area (Å²) in [6, 6.07) is 12.6. The van der Waals surface area contributed by atoms with E-state index in [9.17, 15) is 43.7 Å². The van der Waals surface area contributed by atoms with Crippen LogP contribution in [0.1, 0.15) is 25.7 Å². The van der Waals surface area contributed by atoms with E-state index in [1.807, 2.05) is 0 Å². The number of aliphatic carboxylic acids is 1. The van der Waals surface area contributed by atoms with Crippen LogP contribution in [-0.4, -0.2) is 76.7 Å². The fraction of sp³-hybridized carbons (Fsp3) is 0.172. The van der Waals surface area contributed by atoms with Crippen LogP contribution in [-0.2, 0) is 44.5 Å². The summed E-state index contributed by atoms with van der Waals surface area (Å²) in [5.41, 5.74) is 0.545. The maximum absolute atomic E-state index is 12.1. The molecule has 53 heavy (non-hydrogen) atoms. The van der Waals surface area contributed by atoms with Crippen molar-refractivity contribution in [1.29, 1.82) is 0 Å². The first kappa shape index (κ1) is 39.4. The third-order valence-electron chi connectivity index (χ3n) is 7.29. The molecule has 5 rings (SSSR count). The predicted molar refractivity (Wildman–Crippen MR) is 189 cm³/mol. The van der Waals surface area contributed by atoms with Gasteiger partial charge in [-0.2, -0.15) is 40.2 Å². The van der Waals surface area contributed by atoms with E-state index >= 15 is 0 Å². The number of unbranched alkanes of at least 4 members (excludes halogenated alkanes) is 2. The molecule has 0 bridgehead atoms. The van der Waals surface area contributed by atoms with Gasteiger partial charge in [-0.25, -0.2) is 5.26 Å². The minimum Gasteiger partial charge on any atom is -0.481 e. The summed E-state index contributed by atoms with van der Waals surface area (Å²) in [6.45, 7) is 0.337. The molecule has 0 spiro atoms. The van der Waals surface area contributed by atoms with Crippen molar-refractivity contribution in [3.05, 3.63) is 60.7 Å². The lowest BCUT2D eigenvalue weighted by Crippen LogP contribution is -2.11. The van der Waals surface area contributed by atoms with Crippen LogP contribution >= 0.6 is 12.0 Å². The molecule has 0 radical (unpaired) electrons. The number of hydrogen-bond acceptors (Lipinski definition) is 17. The van der Waals surface area contributed by atoms with Gasteiger partial charge in [-0.15, -0.1) is 4.33 Å². The van der Waals surface area contributed by atoms with Crippen molar-refractivity contribution in [2.45, 2.75) is 45.3 Å². The summed E-state index contributed by atoms with van der Waals surface area (Å²) in [6.07, 6.45) is 1.62. The number of carboxylic acid groups (broad SMARTS) is 1. The van der Waals surface area contributed by atoms with Crippen LogP contribution < -0.4 is 16.0 Å². The van der Waals surface area contributed by atoms with Gasteiger partial charge in [0.05, 0.1) is 16.9 Å². The second-order valence-electron chi connectivity index (χ2n) is 11.1. The molecule has 1 aromatic heterocycles. The van der Waals surface area contributed by atoms with E-state index in [0.29, 0.717) is 55.0 Å². The van der Waals surface area contributed by atoms with Crippen molar-refractivity contribution in [1.82, 2.24) is 15.0 Å². The van der Waals surface area contributed by atoms with Gasteiger partial charge in [0.25, 0.3) is 30.4 Å². The molecule has 0 saturated heterocycles. The molecular formula is C29H28N6O14S4. The highest BCUT2D eigenvalue weighted by Gasteiger charge is 2.21. The lowest BCUT2D eigenvalue weighted by Gasteiger charge is -2.13. The van der Waals surface area contributed by atoms with E-state index in [2.05, 4.69) is 40.3 Å². The van der Waals surface area contributed by atoms with Gasteiger partial charge in [-0.05, 0) is 72.1 Å². The Morgan fingerprint density at radius 3 is 1.75 bits per heavy atom. The molecule has 24 heteroatoms. The lowest BCUT2D eigenvalue weighted by molar-refractivity contribution is -0.432. The fourth-order valence-corrected chi connectivity index (χ4v) is 7.68. The van der Waals surface area contributed by atoms with Crippen molar-refractivity contribution in [3.63, 3.8) is 0 Å². The quantitative estimate of drug-likeness (QED) is 0.0204. The number of aromatic nitrogens is 3. The van der Waals surface area contributed by atoms with Crippen molar-refractivity contribution >= 4 is 99.1 Å². The van der Waals surface area contributed by atoms with Crippen molar-refractivity contribution in [3.8, 4) is 0 Å². The van der Waals surface area contributed by atoms with E-state index in [4.69, 9.17) is 10.4 Å². The molecule has 0 unspecified atom stereocenters. The van der Waals surface area contributed by atoms with Gasteiger partial charge >= 0.3 is 5.97 Å². The molecule has 282 valence electrons. The highest BCUT2D eigenvalue weighted by atomic mass is 32.2. The Morgan fingerprint density at radius 2 is 1.23 bits per heavy atom. The van der Waals surface area contributed by atoms with Crippen LogP contribution in [0.25, 0.3) is 21.5 Å². The number of carboxylic acids is 1. The van der Waals surface area contributed by atoms with Gasteiger partial charge in [0.15, 0.2) is 0 Å². The van der Waals surface area contributed by atoms with Crippen LogP contribution in [0.2, 0.25) is 0 Å². The maximum atomic E-state index is 12.1. The molecule has 0 aliphatic rings. The van der Waals surface area contributed by atoms with E-state index in [1.165, 1.54) is 42.5 Å². The smallest absolute Gasteiger partial charge is 0.303 e. The van der Waals surface area contributed by atoms with Gasteiger partial charge in [0.2, 0.25) is 17.8 Å². The monoisotopic (exact) mass is 812 g/mol. The Morgan fingerprint density at radius 1 is 0.679 bits per heavy atom. The van der Waals surface area contributed by atoms with Crippen LogP contribution in [0.3, 0.4) is 0 Å². The fourth-order valence-electron chi connectivity index (χ4n) is 5.05. The number of fused-ring (bicyclic) bond motifs is 2. The molecule has 1 heterocycles. The number of nitrogens with zero attached hydrogens (tertiary/aromatic N) is 3. The third-order valence-corrected chi connectivity index (χ3v) is 10.5. The Labute approximate surface area is 304 Å². The summed E-state index contributed by atoms with van der Waals surface area (Å²) in [7, 11) is -14.5. The Balaban J connectivity index is 1.51. The molecule has 5 aromatic rings. The number of carbonyl (C=O) groups is 1. The molecule has 0 aliphatic carbocycles. The Bertz CT molecular complexity index is 2540. The standard InChI is InChI=1S/C29H28N6O14S4/c36-26(37)4-2-1-3-9-30-27-33-28(31-18-5-7-22-16(10-18)12-20(50-49-48-38)14-24(22)52(42,43)44)35-29(34-27)32-19-6-8-23-17(11-19)13-21(51(39,40)41)15-25(23)53(45,46)47/h5-8,10-15,38H,1-4,9H2,(H,36,37)(H,39,40,41)(H,42,43,44)(H,45,46,47)(H3,30,31,32,33,34,35). The van der Waals surface area contributed by atoms with Crippen LogP contribution in [0.4, 0.5) is 29.2 Å². The summed E-state index contributed by atoms with van der Waals surface area (Å²) in [5, 5.41) is 30.3. The van der Waals surface area contributed by atoms with Crippen LogP contribution in [0, 0.1) is 0 Å². The van der Waals surface area contributed by atoms with Gasteiger partial charge in [-0.1, -0.05) is 23.6 Å². The van der Waals surface area contributed by atoms with E-state index < -0.39 is 51.0 Å². The molecule has 0 amide bonds. The molecule has 0 saturated carbocycles. The van der Waals surface area contributed by atoms with E-state index in [0.717, 1.165) is 12.1 Å². The van der Waals surface area contributed by atoms with Gasteiger partial charge in [0, 0.05) is 40.0 Å². The summed E-state index contributed by atoms with van der Waals surface area (Å²) < 4.78 is 106. The number of rotatable bonds is 17. The normalized spacial score (nSPS) is 12.2. The number of anilines is 5. The predicted octanol–water partition coefficient (Wildman–Crippen LogP) is 4.89. The van der Waals surface area contributed by atoms with Gasteiger partial charge in [-0.3, -0.25) is 18.5 Å². The average molecular weight is 813 g/mol. The maximum Gasteiger partial charge on any atom is 0.303 e.